The van der Waals surface area contributed by atoms with Gasteiger partial charge in [0.05, 0.1) is 11.3 Å². The molecule has 0 spiro atoms. The molecule has 0 bridgehead atoms. The minimum Gasteiger partial charge on any atom is -0.362 e. The summed E-state index contributed by atoms with van der Waals surface area (Å²) in [6.45, 7) is 1.95. The van der Waals surface area contributed by atoms with Crippen molar-refractivity contribution in [3.05, 3.63) is 102 Å². The zero-order valence-electron chi connectivity index (χ0n) is 18.8. The molecule has 7 nitrogen and oxygen atoms in total. The number of carbonyl (C=O) groups is 2. The number of hydrogen-bond acceptors (Lipinski definition) is 3. The zero-order valence-corrected chi connectivity index (χ0v) is 18.8. The van der Waals surface area contributed by atoms with Gasteiger partial charge in [0.2, 0.25) is 0 Å². The maximum Gasteiger partial charge on any atom is 0.323 e. The van der Waals surface area contributed by atoms with Gasteiger partial charge in [0.1, 0.15) is 5.82 Å². The van der Waals surface area contributed by atoms with Crippen LogP contribution in [0.4, 0.5) is 37.6 Å². The van der Waals surface area contributed by atoms with Gasteiger partial charge in [-0.2, -0.15) is 0 Å². The predicted molar refractivity (Wildman–Crippen MR) is 137 cm³/mol. The molecule has 4 aromatic rings. The van der Waals surface area contributed by atoms with E-state index in [1.165, 1.54) is 18.2 Å². The second kappa shape index (κ2) is 9.18. The van der Waals surface area contributed by atoms with Crippen LogP contribution < -0.4 is 21.3 Å². The van der Waals surface area contributed by atoms with Crippen molar-refractivity contribution in [2.75, 3.05) is 21.3 Å². The highest BCUT2D eigenvalue weighted by atomic mass is 19.1. The third-order valence-electron chi connectivity index (χ3n) is 5.58. The fourth-order valence-electron chi connectivity index (χ4n) is 3.85. The summed E-state index contributed by atoms with van der Waals surface area (Å²) in [4.78, 5) is 27.9. The van der Waals surface area contributed by atoms with E-state index >= 15 is 0 Å². The standard InChI is InChI=1S/C27H22FN5O2/c1-16-7-8-21(32-27(35)31-19-5-2-4-17(28)12-19)14-24(16)30-20-9-10-22-23(13-18-6-3-11-29-18)26(34)33-25(22)15-20/h2-15,29-30H,1H3,(H,33,34)(H2,31,32,35)/b23-13+. The third kappa shape index (κ3) is 4.91. The van der Waals surface area contributed by atoms with Crippen LogP contribution in [0, 0.1) is 12.7 Å². The van der Waals surface area contributed by atoms with Gasteiger partial charge < -0.3 is 26.3 Å². The summed E-state index contributed by atoms with van der Waals surface area (Å²) in [5.74, 6) is -0.583. The molecule has 0 saturated heterocycles. The Hall–Kier alpha value is -4.85. The van der Waals surface area contributed by atoms with E-state index in [0.29, 0.717) is 16.9 Å². The number of benzene rings is 3. The molecule has 5 rings (SSSR count). The number of aryl methyl sites for hydroxylation is 1. The largest absolute Gasteiger partial charge is 0.362 e. The Bertz CT molecular complexity index is 1460. The third-order valence-corrected chi connectivity index (χ3v) is 5.58. The minimum absolute atomic E-state index is 0.154. The van der Waals surface area contributed by atoms with E-state index in [9.17, 15) is 14.0 Å². The lowest BCUT2D eigenvalue weighted by Crippen LogP contribution is -2.19. The molecule has 0 aliphatic carbocycles. The molecule has 5 N–H and O–H groups in total. The molecular weight excluding hydrogens is 445 g/mol. The first-order chi connectivity index (χ1) is 16.9. The predicted octanol–water partition coefficient (Wildman–Crippen LogP) is 6.34. The molecule has 1 aliphatic heterocycles. The van der Waals surface area contributed by atoms with Gasteiger partial charge in [-0.05, 0) is 73.2 Å². The van der Waals surface area contributed by atoms with Crippen LogP contribution in [0.3, 0.4) is 0 Å². The van der Waals surface area contributed by atoms with Crippen LogP contribution in [-0.4, -0.2) is 16.9 Å². The van der Waals surface area contributed by atoms with E-state index in [2.05, 4.69) is 26.3 Å². The summed E-state index contributed by atoms with van der Waals surface area (Å²) in [5, 5.41) is 11.6. The number of aromatic amines is 1. The molecule has 174 valence electrons. The zero-order chi connectivity index (χ0) is 24.4. The normalized spacial score (nSPS) is 13.3. The van der Waals surface area contributed by atoms with Crippen molar-refractivity contribution >= 4 is 52.0 Å². The second-order valence-corrected chi connectivity index (χ2v) is 8.14. The van der Waals surface area contributed by atoms with Gasteiger partial charge in [0, 0.05) is 40.2 Å². The lowest BCUT2D eigenvalue weighted by Gasteiger charge is -2.14. The van der Waals surface area contributed by atoms with Crippen molar-refractivity contribution in [1.82, 2.24) is 4.98 Å². The smallest absolute Gasteiger partial charge is 0.323 e. The Kier molecular flexibility index (Phi) is 5.76. The van der Waals surface area contributed by atoms with Crippen LogP contribution in [0.5, 0.6) is 0 Å². The number of halogens is 1. The van der Waals surface area contributed by atoms with Crippen LogP contribution in [-0.2, 0) is 4.79 Å². The molecule has 35 heavy (non-hydrogen) atoms. The van der Waals surface area contributed by atoms with Gasteiger partial charge in [-0.25, -0.2) is 9.18 Å². The molecule has 0 atom stereocenters. The van der Waals surface area contributed by atoms with Crippen molar-refractivity contribution in [3.63, 3.8) is 0 Å². The van der Waals surface area contributed by atoms with Crippen molar-refractivity contribution < 1.29 is 14.0 Å². The first kappa shape index (κ1) is 22.0. The van der Waals surface area contributed by atoms with Gasteiger partial charge >= 0.3 is 6.03 Å². The SMILES string of the molecule is Cc1ccc(NC(=O)Nc2cccc(F)c2)cc1Nc1ccc2c(c1)NC(=O)/C2=C/c1ccc[nH]1. The average Bonchev–Trinajstić information content (AvgIpc) is 3.44. The Labute approximate surface area is 201 Å². The highest BCUT2D eigenvalue weighted by Gasteiger charge is 2.24. The number of urea groups is 1. The van der Waals surface area contributed by atoms with Crippen molar-refractivity contribution in [2.24, 2.45) is 0 Å². The summed E-state index contributed by atoms with van der Waals surface area (Å²) in [5.41, 5.74) is 6.48. The average molecular weight is 468 g/mol. The minimum atomic E-state index is -0.480. The highest BCUT2D eigenvalue weighted by Crippen LogP contribution is 2.36. The number of anilines is 5. The molecule has 0 radical (unpaired) electrons. The number of fused-ring (bicyclic) bond motifs is 1. The number of nitrogens with one attached hydrogen (secondary N) is 5. The van der Waals surface area contributed by atoms with E-state index < -0.39 is 11.8 Å². The number of H-pyrrole nitrogens is 1. The van der Waals surface area contributed by atoms with Crippen LogP contribution in [0.25, 0.3) is 11.6 Å². The maximum atomic E-state index is 13.4. The van der Waals surface area contributed by atoms with Crippen molar-refractivity contribution in [3.8, 4) is 0 Å². The van der Waals surface area contributed by atoms with E-state index in [0.717, 1.165) is 33.9 Å². The van der Waals surface area contributed by atoms with Crippen molar-refractivity contribution in [1.29, 1.82) is 0 Å². The molecule has 0 unspecified atom stereocenters. The van der Waals surface area contributed by atoms with E-state index in [1.54, 1.807) is 12.1 Å². The van der Waals surface area contributed by atoms with Crippen LogP contribution in [0.15, 0.2) is 79.0 Å². The summed E-state index contributed by atoms with van der Waals surface area (Å²) in [6.07, 6.45) is 3.63. The highest BCUT2D eigenvalue weighted by molar-refractivity contribution is 6.35. The summed E-state index contributed by atoms with van der Waals surface area (Å²) < 4.78 is 13.4. The fraction of sp³-hybridized carbons (Fsp3) is 0.0370. The van der Waals surface area contributed by atoms with Gasteiger partial charge in [-0.1, -0.05) is 18.2 Å². The lowest BCUT2D eigenvalue weighted by molar-refractivity contribution is -0.110. The van der Waals surface area contributed by atoms with Gasteiger partial charge in [-0.15, -0.1) is 0 Å². The van der Waals surface area contributed by atoms with E-state index in [-0.39, 0.29) is 5.91 Å². The molecule has 0 saturated carbocycles. The number of carbonyl (C=O) groups excluding carboxylic acids is 2. The van der Waals surface area contributed by atoms with Crippen LogP contribution >= 0.6 is 0 Å². The number of rotatable bonds is 5. The molecule has 3 amide bonds. The molecular formula is C27H22FN5O2. The number of amides is 3. The Morgan fingerprint density at radius 3 is 2.49 bits per heavy atom. The quantitative estimate of drug-likeness (QED) is 0.221. The molecule has 1 aliphatic rings. The number of hydrogen-bond donors (Lipinski definition) is 5. The molecule has 2 heterocycles. The number of aromatic nitrogens is 1. The topological polar surface area (TPSA) is 98.0 Å². The first-order valence-electron chi connectivity index (χ1n) is 11.0. The van der Waals surface area contributed by atoms with Gasteiger partial charge in [-0.3, -0.25) is 4.79 Å². The molecule has 1 aromatic heterocycles. The molecule has 0 fully saturated rings. The maximum absolute atomic E-state index is 13.4. The van der Waals surface area contributed by atoms with E-state index in [1.807, 2.05) is 61.7 Å². The Balaban J connectivity index is 1.32. The van der Waals surface area contributed by atoms with Crippen LogP contribution in [0.1, 0.15) is 16.8 Å². The van der Waals surface area contributed by atoms with E-state index in [4.69, 9.17) is 0 Å². The van der Waals surface area contributed by atoms with Crippen LogP contribution in [0.2, 0.25) is 0 Å². The molecule has 3 aromatic carbocycles. The van der Waals surface area contributed by atoms with Gasteiger partial charge in [0.15, 0.2) is 0 Å². The summed E-state index contributed by atoms with van der Waals surface area (Å²) >= 11 is 0. The summed E-state index contributed by atoms with van der Waals surface area (Å²) in [6, 6.07) is 20.1. The fourth-order valence-corrected chi connectivity index (χ4v) is 3.85. The van der Waals surface area contributed by atoms with Gasteiger partial charge in [0.25, 0.3) is 5.91 Å². The van der Waals surface area contributed by atoms with Crippen molar-refractivity contribution in [2.45, 2.75) is 6.92 Å². The lowest BCUT2D eigenvalue weighted by atomic mass is 10.1. The Morgan fingerprint density at radius 1 is 0.914 bits per heavy atom. The summed E-state index contributed by atoms with van der Waals surface area (Å²) in [7, 11) is 0. The monoisotopic (exact) mass is 467 g/mol. The first-order valence-corrected chi connectivity index (χ1v) is 11.0. The Morgan fingerprint density at radius 2 is 1.71 bits per heavy atom. The molecule has 8 heteroatoms. The second-order valence-electron chi connectivity index (χ2n) is 8.14.